The summed E-state index contributed by atoms with van der Waals surface area (Å²) in [5, 5.41) is 11.4. The molecule has 6 nitrogen and oxygen atoms in total. The van der Waals surface area contributed by atoms with Crippen LogP contribution in [0.2, 0.25) is 16.6 Å². The van der Waals surface area contributed by atoms with Gasteiger partial charge in [0, 0.05) is 32.0 Å². The van der Waals surface area contributed by atoms with E-state index < -0.39 is 14.4 Å². The molecule has 1 aromatic carbocycles. The Labute approximate surface area is 202 Å². The molecule has 0 aliphatic rings. The fourth-order valence-corrected chi connectivity index (χ4v) is 10.8. The summed E-state index contributed by atoms with van der Waals surface area (Å²) in [4.78, 5) is 14.8. The van der Waals surface area contributed by atoms with Crippen molar-refractivity contribution >= 4 is 14.2 Å². The quantitative estimate of drug-likeness (QED) is 0.340. The van der Waals surface area contributed by atoms with Crippen molar-refractivity contribution in [1.82, 2.24) is 4.90 Å². The van der Waals surface area contributed by atoms with E-state index in [-0.39, 0.29) is 18.2 Å². The lowest BCUT2D eigenvalue weighted by Crippen LogP contribution is -2.49. The molecule has 190 valence electrons. The van der Waals surface area contributed by atoms with Crippen LogP contribution in [-0.4, -0.2) is 58.1 Å². The van der Waals surface area contributed by atoms with E-state index in [2.05, 4.69) is 41.5 Å². The van der Waals surface area contributed by atoms with Crippen LogP contribution >= 0.6 is 0 Å². The predicted octanol–water partition coefficient (Wildman–Crippen LogP) is 5.80. The summed E-state index contributed by atoms with van der Waals surface area (Å²) < 4.78 is 17.6. The number of aliphatic hydroxyl groups is 1. The van der Waals surface area contributed by atoms with Gasteiger partial charge in [0.15, 0.2) is 19.8 Å². The number of benzene rings is 1. The van der Waals surface area contributed by atoms with Gasteiger partial charge in [0.1, 0.15) is 0 Å². The lowest BCUT2D eigenvalue weighted by atomic mass is 9.92. The number of carbonyl (C=O) groups excluding carboxylic acids is 1. The molecule has 0 aliphatic heterocycles. The highest BCUT2D eigenvalue weighted by atomic mass is 28.4. The molecule has 0 radical (unpaired) electrons. The maximum absolute atomic E-state index is 13.0. The number of amides is 1. The second kappa shape index (κ2) is 13.3. The lowest BCUT2D eigenvalue weighted by molar-refractivity contribution is -0.133. The van der Waals surface area contributed by atoms with E-state index in [4.69, 9.17) is 13.9 Å². The Morgan fingerprint density at radius 1 is 0.939 bits per heavy atom. The van der Waals surface area contributed by atoms with E-state index in [0.29, 0.717) is 53.4 Å². The SMILES string of the molecule is CCN(CC)C(=O)C[C@H](CO[Si](C(C)C)(C(C)C)C(C)C)[C@H](O)c1ccc(OC)c(OC)c1. The molecule has 2 atom stereocenters. The number of nitrogens with zero attached hydrogens (tertiary/aromatic N) is 1. The zero-order valence-corrected chi connectivity index (χ0v) is 23.5. The van der Waals surface area contributed by atoms with Crippen molar-refractivity contribution in [3.8, 4) is 11.5 Å². The highest BCUT2D eigenvalue weighted by Gasteiger charge is 2.45. The van der Waals surface area contributed by atoms with E-state index in [1.54, 1.807) is 26.4 Å². The van der Waals surface area contributed by atoms with Crippen molar-refractivity contribution in [3.63, 3.8) is 0 Å². The molecule has 0 spiro atoms. The van der Waals surface area contributed by atoms with Crippen molar-refractivity contribution in [2.24, 2.45) is 5.92 Å². The summed E-state index contributed by atoms with van der Waals surface area (Å²) >= 11 is 0. The molecule has 0 saturated carbocycles. The number of ether oxygens (including phenoxy) is 2. The molecule has 33 heavy (non-hydrogen) atoms. The Bertz CT molecular complexity index is 712. The fraction of sp³-hybridized carbons (Fsp3) is 0.731. The first-order valence-electron chi connectivity index (χ1n) is 12.3. The van der Waals surface area contributed by atoms with Crippen LogP contribution in [0.4, 0.5) is 0 Å². The Morgan fingerprint density at radius 3 is 1.88 bits per heavy atom. The molecule has 0 unspecified atom stereocenters. The summed E-state index contributed by atoms with van der Waals surface area (Å²) in [6, 6.07) is 5.41. The highest BCUT2D eigenvalue weighted by molar-refractivity contribution is 6.77. The number of hydrogen-bond donors (Lipinski definition) is 1. The summed E-state index contributed by atoms with van der Waals surface area (Å²) in [7, 11) is 1.02. The van der Waals surface area contributed by atoms with Gasteiger partial charge in [-0.1, -0.05) is 47.6 Å². The average Bonchev–Trinajstić information content (AvgIpc) is 2.77. The van der Waals surface area contributed by atoms with Crippen LogP contribution in [0.25, 0.3) is 0 Å². The summed E-state index contributed by atoms with van der Waals surface area (Å²) in [6.45, 7) is 19.1. The second-order valence-corrected chi connectivity index (χ2v) is 15.2. The molecule has 7 heteroatoms. The monoisotopic (exact) mass is 481 g/mol. The molecular weight excluding hydrogens is 434 g/mol. The Kier molecular flexibility index (Phi) is 11.9. The van der Waals surface area contributed by atoms with Gasteiger partial charge < -0.3 is 23.9 Å². The molecule has 0 bridgehead atoms. The summed E-state index contributed by atoms with van der Waals surface area (Å²) in [5.74, 6) is 0.837. The zero-order chi connectivity index (χ0) is 25.3. The van der Waals surface area contributed by atoms with Gasteiger partial charge in [-0.25, -0.2) is 0 Å². The van der Waals surface area contributed by atoms with Crippen LogP contribution in [-0.2, 0) is 9.22 Å². The van der Waals surface area contributed by atoms with Crippen molar-refractivity contribution in [2.75, 3.05) is 33.9 Å². The maximum Gasteiger partial charge on any atom is 0.223 e. The lowest BCUT2D eigenvalue weighted by Gasteiger charge is -2.43. The Balaban J connectivity index is 3.32. The fourth-order valence-electron chi connectivity index (χ4n) is 5.25. The second-order valence-electron chi connectivity index (χ2n) is 9.72. The number of rotatable bonds is 14. The maximum atomic E-state index is 13.0. The van der Waals surface area contributed by atoms with Crippen molar-refractivity contribution in [1.29, 1.82) is 0 Å². The van der Waals surface area contributed by atoms with E-state index in [9.17, 15) is 9.90 Å². The molecule has 0 saturated heterocycles. The van der Waals surface area contributed by atoms with Gasteiger partial charge in [0.05, 0.1) is 20.3 Å². The number of aliphatic hydroxyl groups excluding tert-OH is 1. The summed E-state index contributed by atoms with van der Waals surface area (Å²) in [5.41, 5.74) is 1.97. The van der Waals surface area contributed by atoms with E-state index in [1.807, 2.05) is 24.8 Å². The van der Waals surface area contributed by atoms with Crippen LogP contribution < -0.4 is 9.47 Å². The number of carbonyl (C=O) groups is 1. The van der Waals surface area contributed by atoms with Crippen LogP contribution in [0.15, 0.2) is 18.2 Å². The van der Waals surface area contributed by atoms with Gasteiger partial charge in [-0.05, 0) is 48.2 Å². The van der Waals surface area contributed by atoms with Crippen LogP contribution in [0, 0.1) is 5.92 Å². The molecule has 1 amide bonds. The molecule has 1 N–H and O–H groups in total. The van der Waals surface area contributed by atoms with Crippen molar-refractivity contribution in [2.45, 2.75) is 84.5 Å². The van der Waals surface area contributed by atoms with Gasteiger partial charge in [0.25, 0.3) is 0 Å². The van der Waals surface area contributed by atoms with E-state index in [0.717, 1.165) is 0 Å². The Hall–Kier alpha value is -1.57. The minimum Gasteiger partial charge on any atom is -0.493 e. The van der Waals surface area contributed by atoms with Gasteiger partial charge in [0.2, 0.25) is 5.91 Å². The highest BCUT2D eigenvalue weighted by Crippen LogP contribution is 2.43. The largest absolute Gasteiger partial charge is 0.493 e. The normalized spacial score (nSPS) is 14.0. The van der Waals surface area contributed by atoms with Crippen LogP contribution in [0.5, 0.6) is 11.5 Å². The van der Waals surface area contributed by atoms with Gasteiger partial charge in [-0.2, -0.15) is 0 Å². The molecular formula is C26H47NO5Si. The minimum absolute atomic E-state index is 0.0408. The topological polar surface area (TPSA) is 68.2 Å². The third kappa shape index (κ3) is 6.96. The van der Waals surface area contributed by atoms with Crippen LogP contribution in [0.3, 0.4) is 0 Å². The van der Waals surface area contributed by atoms with Gasteiger partial charge in [-0.3, -0.25) is 4.79 Å². The third-order valence-electron chi connectivity index (χ3n) is 7.00. The van der Waals surface area contributed by atoms with E-state index in [1.165, 1.54) is 0 Å². The average molecular weight is 482 g/mol. The Morgan fingerprint density at radius 2 is 1.45 bits per heavy atom. The van der Waals surface area contributed by atoms with Crippen molar-refractivity contribution in [3.05, 3.63) is 23.8 Å². The van der Waals surface area contributed by atoms with Gasteiger partial charge >= 0.3 is 0 Å². The first-order valence-corrected chi connectivity index (χ1v) is 14.5. The zero-order valence-electron chi connectivity index (χ0n) is 22.5. The first-order chi connectivity index (χ1) is 15.5. The van der Waals surface area contributed by atoms with Crippen molar-refractivity contribution < 1.29 is 23.8 Å². The molecule has 0 aliphatic carbocycles. The third-order valence-corrected chi connectivity index (χ3v) is 13.1. The minimum atomic E-state index is -2.15. The van der Waals surface area contributed by atoms with Crippen LogP contribution in [0.1, 0.15) is 73.5 Å². The molecule has 0 heterocycles. The smallest absolute Gasteiger partial charge is 0.223 e. The molecule has 0 fully saturated rings. The first kappa shape index (κ1) is 29.5. The molecule has 1 aromatic rings. The molecule has 0 aromatic heterocycles. The number of methoxy groups -OCH3 is 2. The standard InChI is InChI=1S/C26H47NO5Si/c1-11-27(12-2)25(28)16-22(17-32-33(18(3)4,19(5)6)20(7)8)26(29)21-13-14-23(30-9)24(15-21)31-10/h13-15,18-20,22,26,29H,11-12,16-17H2,1-10H3/t22-,26-/m1/s1. The molecule has 1 rings (SSSR count). The van der Waals surface area contributed by atoms with E-state index >= 15 is 0 Å². The summed E-state index contributed by atoms with van der Waals surface area (Å²) in [6.07, 6.45) is -0.627. The number of hydrogen-bond acceptors (Lipinski definition) is 5. The van der Waals surface area contributed by atoms with Gasteiger partial charge in [-0.15, -0.1) is 0 Å². The predicted molar refractivity (Wildman–Crippen MR) is 138 cm³/mol.